The molecule has 0 atom stereocenters. The number of carbonyl (C=O) groups is 1. The quantitative estimate of drug-likeness (QED) is 0.720. The molecule has 2 heterocycles. The maximum atomic E-state index is 12.8. The number of hydrogen-bond donors (Lipinski definition) is 1. The average Bonchev–Trinajstić information content (AvgIpc) is 2.95. The molecule has 0 aliphatic carbocycles. The van der Waals surface area contributed by atoms with E-state index in [9.17, 15) is 4.79 Å². The van der Waals surface area contributed by atoms with Crippen LogP contribution in [0.2, 0.25) is 0 Å². The molecule has 0 aliphatic heterocycles. The normalized spacial score (nSPS) is 10.7. The largest absolute Gasteiger partial charge is 0.492 e. The van der Waals surface area contributed by atoms with Crippen molar-refractivity contribution in [1.82, 2.24) is 9.97 Å². The molecule has 130 valence electrons. The number of amides is 1. The first-order valence-electron chi connectivity index (χ1n) is 8.05. The predicted molar refractivity (Wildman–Crippen MR) is 98.9 cm³/mol. The topological polar surface area (TPSA) is 73.3 Å². The number of rotatable bonds is 6. The molecule has 3 aromatic rings. The first-order chi connectivity index (χ1) is 12.2. The van der Waals surface area contributed by atoms with Crippen molar-refractivity contribution in [3.63, 3.8) is 0 Å². The van der Waals surface area contributed by atoms with Gasteiger partial charge in [-0.2, -0.15) is 0 Å². The fourth-order valence-corrected chi connectivity index (χ4v) is 3.57. The lowest BCUT2D eigenvalue weighted by Gasteiger charge is -2.10. The van der Waals surface area contributed by atoms with Gasteiger partial charge < -0.3 is 14.8 Å². The van der Waals surface area contributed by atoms with Gasteiger partial charge in [0, 0.05) is 0 Å². The highest BCUT2D eigenvalue weighted by Gasteiger charge is 2.20. The standard InChI is InChI=1S/C18H19N3O3S/c1-4-23-13-9-7-6-8-12(13)21-16(22)15-11(3)14-17(24-5-2)19-10-20-18(14)25-15/h6-10H,4-5H2,1-3H3,(H,21,22). The Morgan fingerprint density at radius 3 is 2.68 bits per heavy atom. The summed E-state index contributed by atoms with van der Waals surface area (Å²) in [6.45, 7) is 6.72. The van der Waals surface area contributed by atoms with Crippen molar-refractivity contribution >= 4 is 33.1 Å². The smallest absolute Gasteiger partial charge is 0.266 e. The summed E-state index contributed by atoms with van der Waals surface area (Å²) >= 11 is 1.33. The van der Waals surface area contributed by atoms with Gasteiger partial charge in [-0.3, -0.25) is 4.79 Å². The Balaban J connectivity index is 1.96. The minimum atomic E-state index is -0.199. The Morgan fingerprint density at radius 1 is 1.16 bits per heavy atom. The molecule has 1 amide bonds. The number of thiophene rings is 1. The Morgan fingerprint density at radius 2 is 1.92 bits per heavy atom. The van der Waals surface area contributed by atoms with Crippen molar-refractivity contribution in [2.75, 3.05) is 18.5 Å². The number of benzene rings is 1. The SMILES string of the molecule is CCOc1ccccc1NC(=O)c1sc2ncnc(OCC)c2c1C. The second-order valence-electron chi connectivity index (χ2n) is 5.23. The van der Waals surface area contributed by atoms with E-state index in [0.717, 1.165) is 15.8 Å². The van der Waals surface area contributed by atoms with Crippen LogP contribution in [0, 0.1) is 6.92 Å². The number of nitrogens with zero attached hydrogens (tertiary/aromatic N) is 2. The number of hydrogen-bond acceptors (Lipinski definition) is 6. The molecule has 25 heavy (non-hydrogen) atoms. The summed E-state index contributed by atoms with van der Waals surface area (Å²) in [4.78, 5) is 22.5. The minimum absolute atomic E-state index is 0.199. The summed E-state index contributed by atoms with van der Waals surface area (Å²) in [5, 5.41) is 3.71. The summed E-state index contributed by atoms with van der Waals surface area (Å²) in [7, 11) is 0. The van der Waals surface area contributed by atoms with E-state index in [2.05, 4.69) is 15.3 Å². The van der Waals surface area contributed by atoms with Gasteiger partial charge >= 0.3 is 0 Å². The molecule has 0 fully saturated rings. The van der Waals surface area contributed by atoms with Crippen LogP contribution in [0.15, 0.2) is 30.6 Å². The lowest BCUT2D eigenvalue weighted by atomic mass is 10.2. The van der Waals surface area contributed by atoms with Crippen LogP contribution in [0.3, 0.4) is 0 Å². The highest BCUT2D eigenvalue weighted by molar-refractivity contribution is 7.20. The molecule has 1 aromatic carbocycles. The van der Waals surface area contributed by atoms with Crippen molar-refractivity contribution in [2.45, 2.75) is 20.8 Å². The Bertz CT molecular complexity index is 908. The van der Waals surface area contributed by atoms with E-state index >= 15 is 0 Å². The van der Waals surface area contributed by atoms with Gasteiger partial charge in [0.2, 0.25) is 5.88 Å². The van der Waals surface area contributed by atoms with Crippen molar-refractivity contribution < 1.29 is 14.3 Å². The number of fused-ring (bicyclic) bond motifs is 1. The molecule has 6 nitrogen and oxygen atoms in total. The zero-order valence-corrected chi connectivity index (χ0v) is 15.1. The zero-order valence-electron chi connectivity index (χ0n) is 14.3. The van der Waals surface area contributed by atoms with E-state index < -0.39 is 0 Å². The average molecular weight is 357 g/mol. The third-order valence-electron chi connectivity index (χ3n) is 3.61. The lowest BCUT2D eigenvalue weighted by Crippen LogP contribution is -2.12. The van der Waals surface area contributed by atoms with Crippen molar-refractivity contribution in [1.29, 1.82) is 0 Å². The number of ether oxygens (including phenoxy) is 2. The second-order valence-corrected chi connectivity index (χ2v) is 6.23. The van der Waals surface area contributed by atoms with Crippen LogP contribution in [-0.4, -0.2) is 29.1 Å². The Kier molecular flexibility index (Phi) is 5.14. The zero-order chi connectivity index (χ0) is 17.8. The number of carbonyl (C=O) groups excluding carboxylic acids is 1. The van der Waals surface area contributed by atoms with E-state index in [1.54, 1.807) is 0 Å². The van der Waals surface area contributed by atoms with Crippen LogP contribution in [-0.2, 0) is 0 Å². The summed E-state index contributed by atoms with van der Waals surface area (Å²) in [6.07, 6.45) is 1.45. The highest BCUT2D eigenvalue weighted by atomic mass is 32.1. The molecule has 2 aromatic heterocycles. The van der Waals surface area contributed by atoms with Crippen LogP contribution in [0.25, 0.3) is 10.2 Å². The Labute approximate surface area is 149 Å². The van der Waals surface area contributed by atoms with Gasteiger partial charge in [-0.05, 0) is 38.5 Å². The van der Waals surface area contributed by atoms with E-state index in [0.29, 0.717) is 35.4 Å². The fraction of sp³-hybridized carbons (Fsp3) is 0.278. The lowest BCUT2D eigenvalue weighted by molar-refractivity contribution is 0.102. The Hall–Kier alpha value is -2.67. The number of aromatic nitrogens is 2. The monoisotopic (exact) mass is 357 g/mol. The van der Waals surface area contributed by atoms with E-state index in [-0.39, 0.29) is 5.91 Å². The summed E-state index contributed by atoms with van der Waals surface area (Å²) in [5.74, 6) is 0.956. The van der Waals surface area contributed by atoms with Gasteiger partial charge in [-0.25, -0.2) is 9.97 Å². The summed E-state index contributed by atoms with van der Waals surface area (Å²) in [5.41, 5.74) is 1.46. The number of para-hydroxylation sites is 2. The van der Waals surface area contributed by atoms with Crippen molar-refractivity contribution in [3.05, 3.63) is 41.0 Å². The molecule has 0 radical (unpaired) electrons. The third kappa shape index (κ3) is 3.41. The first-order valence-corrected chi connectivity index (χ1v) is 8.87. The molecule has 0 spiro atoms. The van der Waals surface area contributed by atoms with Gasteiger partial charge in [0.1, 0.15) is 16.9 Å². The van der Waals surface area contributed by atoms with Crippen LogP contribution in [0.5, 0.6) is 11.6 Å². The van der Waals surface area contributed by atoms with Crippen LogP contribution in [0.4, 0.5) is 5.69 Å². The predicted octanol–water partition coefficient (Wildman–Crippen LogP) is 4.05. The number of anilines is 1. The first kappa shape index (κ1) is 17.2. The molecule has 0 bridgehead atoms. The molecule has 3 rings (SSSR count). The molecule has 0 aliphatic rings. The van der Waals surface area contributed by atoms with Crippen LogP contribution < -0.4 is 14.8 Å². The maximum Gasteiger partial charge on any atom is 0.266 e. The minimum Gasteiger partial charge on any atom is -0.492 e. The van der Waals surface area contributed by atoms with Gasteiger partial charge in [-0.1, -0.05) is 12.1 Å². The summed E-state index contributed by atoms with van der Waals surface area (Å²) < 4.78 is 11.1. The molecule has 1 N–H and O–H groups in total. The van der Waals surface area contributed by atoms with Gasteiger partial charge in [0.05, 0.1) is 29.2 Å². The van der Waals surface area contributed by atoms with Crippen LogP contribution >= 0.6 is 11.3 Å². The van der Waals surface area contributed by atoms with Gasteiger partial charge in [0.25, 0.3) is 5.91 Å². The molecule has 0 saturated carbocycles. The molecular formula is C18H19N3O3S. The van der Waals surface area contributed by atoms with E-state index in [1.165, 1.54) is 17.7 Å². The fourth-order valence-electron chi connectivity index (χ4n) is 2.53. The molecular weight excluding hydrogens is 338 g/mol. The molecule has 7 heteroatoms. The number of aryl methyl sites for hydroxylation is 1. The second kappa shape index (κ2) is 7.48. The number of nitrogens with one attached hydrogen (secondary N) is 1. The van der Waals surface area contributed by atoms with Crippen molar-refractivity contribution in [2.24, 2.45) is 0 Å². The highest BCUT2D eigenvalue weighted by Crippen LogP contribution is 2.35. The van der Waals surface area contributed by atoms with E-state index in [4.69, 9.17) is 9.47 Å². The maximum absolute atomic E-state index is 12.8. The van der Waals surface area contributed by atoms with E-state index in [1.807, 2.05) is 45.0 Å². The van der Waals surface area contributed by atoms with Gasteiger partial charge in [0.15, 0.2) is 0 Å². The molecule has 0 unspecified atom stereocenters. The molecule has 0 saturated heterocycles. The van der Waals surface area contributed by atoms with Gasteiger partial charge in [-0.15, -0.1) is 11.3 Å². The van der Waals surface area contributed by atoms with Crippen LogP contribution in [0.1, 0.15) is 29.1 Å². The third-order valence-corrected chi connectivity index (χ3v) is 4.81. The van der Waals surface area contributed by atoms with Crippen molar-refractivity contribution in [3.8, 4) is 11.6 Å². The summed E-state index contributed by atoms with van der Waals surface area (Å²) in [6, 6.07) is 7.37.